The Kier molecular flexibility index (Phi) is 8.57. The zero-order chi connectivity index (χ0) is 35.4. The van der Waals surface area contributed by atoms with Gasteiger partial charge >= 0.3 is 0 Å². The molecule has 0 amide bonds. The molecule has 250 valence electrons. The highest BCUT2D eigenvalue weighted by molar-refractivity contribution is 5.87. The lowest BCUT2D eigenvalue weighted by Crippen LogP contribution is -2.10. The van der Waals surface area contributed by atoms with Crippen molar-refractivity contribution in [1.29, 1.82) is 0 Å². The number of rotatable bonds is 8. The number of aromatic nitrogens is 2. The van der Waals surface area contributed by atoms with E-state index in [4.69, 9.17) is 9.97 Å². The second-order valence-electron chi connectivity index (χ2n) is 13.1. The number of hydrogen-bond donors (Lipinski definition) is 0. The standard InChI is InChI=1S/C50H35N3/c1-4-12-36(13-5-1)38-20-22-39(23-21-38)41-26-32-45(33-27-41)53(44-30-24-40(25-31-44)37-14-6-2-7-15-37)46-34-28-43(29-35-46)50-49(42-16-8-3-9-17-42)51-47-18-10-11-19-48(47)52-50/h1-35H. The van der Waals surface area contributed by atoms with Gasteiger partial charge in [-0.05, 0) is 81.9 Å². The first-order chi connectivity index (χ1) is 26.3. The van der Waals surface area contributed by atoms with Crippen LogP contribution >= 0.6 is 0 Å². The van der Waals surface area contributed by atoms with E-state index in [9.17, 15) is 0 Å². The highest BCUT2D eigenvalue weighted by atomic mass is 15.1. The molecule has 9 rings (SSSR count). The maximum Gasteiger partial charge on any atom is 0.0973 e. The van der Waals surface area contributed by atoms with Crippen LogP contribution in [0.3, 0.4) is 0 Å². The average Bonchev–Trinajstić information content (AvgIpc) is 3.25. The van der Waals surface area contributed by atoms with Gasteiger partial charge in [0, 0.05) is 28.2 Å². The van der Waals surface area contributed by atoms with Gasteiger partial charge in [-0.25, -0.2) is 9.97 Å². The van der Waals surface area contributed by atoms with Crippen molar-refractivity contribution in [2.24, 2.45) is 0 Å². The largest absolute Gasteiger partial charge is 0.311 e. The molecule has 0 atom stereocenters. The fraction of sp³-hybridized carbons (Fsp3) is 0. The lowest BCUT2D eigenvalue weighted by atomic mass is 10.00. The summed E-state index contributed by atoms with van der Waals surface area (Å²) in [5.41, 5.74) is 15.9. The van der Waals surface area contributed by atoms with Gasteiger partial charge in [-0.1, -0.05) is 164 Å². The molecule has 0 fully saturated rings. The Morgan fingerprint density at radius 3 is 0.830 bits per heavy atom. The van der Waals surface area contributed by atoms with Gasteiger partial charge in [-0.15, -0.1) is 0 Å². The molecule has 0 aliphatic rings. The van der Waals surface area contributed by atoms with Crippen LogP contribution in [-0.2, 0) is 0 Å². The van der Waals surface area contributed by atoms with Crippen LogP contribution in [0.15, 0.2) is 212 Å². The molecule has 0 unspecified atom stereocenters. The third kappa shape index (κ3) is 6.60. The monoisotopic (exact) mass is 677 g/mol. The number of hydrogen-bond acceptors (Lipinski definition) is 3. The van der Waals surface area contributed by atoms with E-state index in [0.29, 0.717) is 0 Å². The molecule has 0 aliphatic heterocycles. The summed E-state index contributed by atoms with van der Waals surface area (Å²) in [6.07, 6.45) is 0. The fourth-order valence-corrected chi connectivity index (χ4v) is 6.94. The zero-order valence-electron chi connectivity index (χ0n) is 29.0. The maximum atomic E-state index is 5.14. The molecule has 0 saturated heterocycles. The Morgan fingerprint density at radius 1 is 0.226 bits per heavy atom. The normalized spacial score (nSPS) is 11.0. The summed E-state index contributed by atoms with van der Waals surface area (Å²) in [6, 6.07) is 74.5. The Labute approximate surface area is 310 Å². The van der Waals surface area contributed by atoms with Gasteiger partial charge in [-0.2, -0.15) is 0 Å². The quantitative estimate of drug-likeness (QED) is 0.160. The van der Waals surface area contributed by atoms with Gasteiger partial charge in [0.05, 0.1) is 22.4 Å². The van der Waals surface area contributed by atoms with Crippen LogP contribution in [0.2, 0.25) is 0 Å². The minimum atomic E-state index is 0.864. The zero-order valence-corrected chi connectivity index (χ0v) is 29.0. The summed E-state index contributed by atoms with van der Waals surface area (Å²) in [6.45, 7) is 0. The molecule has 0 N–H and O–H groups in total. The number of anilines is 3. The van der Waals surface area contributed by atoms with Crippen LogP contribution in [0, 0.1) is 0 Å². The van der Waals surface area contributed by atoms with E-state index in [2.05, 4.69) is 175 Å². The van der Waals surface area contributed by atoms with Gasteiger partial charge in [0.15, 0.2) is 0 Å². The van der Waals surface area contributed by atoms with E-state index in [1.165, 1.54) is 33.4 Å². The fourth-order valence-electron chi connectivity index (χ4n) is 6.94. The van der Waals surface area contributed by atoms with Crippen molar-refractivity contribution in [3.05, 3.63) is 212 Å². The Bertz CT molecular complexity index is 2600. The van der Waals surface area contributed by atoms with Gasteiger partial charge in [0.2, 0.25) is 0 Å². The topological polar surface area (TPSA) is 29.0 Å². The van der Waals surface area contributed by atoms with Crippen LogP contribution in [0.5, 0.6) is 0 Å². The highest BCUT2D eigenvalue weighted by Gasteiger charge is 2.17. The number of benzene rings is 8. The number of nitrogens with zero attached hydrogens (tertiary/aromatic N) is 3. The molecular formula is C50H35N3. The first kappa shape index (κ1) is 31.9. The van der Waals surface area contributed by atoms with Gasteiger partial charge < -0.3 is 4.90 Å². The molecule has 53 heavy (non-hydrogen) atoms. The molecule has 0 bridgehead atoms. The van der Waals surface area contributed by atoms with E-state index in [1.807, 2.05) is 42.5 Å². The van der Waals surface area contributed by atoms with Gasteiger partial charge in [-0.3, -0.25) is 0 Å². The molecule has 9 aromatic rings. The SMILES string of the molecule is c1ccc(-c2ccc(-c3ccc(N(c4ccc(-c5ccccc5)cc4)c4ccc(-c5nc6ccccc6nc5-c5ccccc5)cc4)cc3)cc2)cc1. The maximum absolute atomic E-state index is 5.14. The third-order valence-corrected chi connectivity index (χ3v) is 9.70. The third-order valence-electron chi connectivity index (χ3n) is 9.70. The van der Waals surface area contributed by atoms with Gasteiger partial charge in [0.1, 0.15) is 0 Å². The van der Waals surface area contributed by atoms with Crippen molar-refractivity contribution < 1.29 is 0 Å². The summed E-state index contributed by atoms with van der Waals surface area (Å²) in [5.74, 6) is 0. The molecule has 0 spiro atoms. The minimum absolute atomic E-state index is 0.864. The van der Waals surface area contributed by atoms with E-state index in [0.717, 1.165) is 50.6 Å². The lowest BCUT2D eigenvalue weighted by molar-refractivity contribution is 1.27. The van der Waals surface area contributed by atoms with Crippen LogP contribution in [0.1, 0.15) is 0 Å². The average molecular weight is 678 g/mol. The highest BCUT2D eigenvalue weighted by Crippen LogP contribution is 2.39. The van der Waals surface area contributed by atoms with Crippen molar-refractivity contribution in [3.8, 4) is 55.9 Å². The first-order valence-corrected chi connectivity index (χ1v) is 17.9. The summed E-state index contributed by atoms with van der Waals surface area (Å²) in [5, 5.41) is 0. The van der Waals surface area contributed by atoms with Crippen LogP contribution in [0.4, 0.5) is 17.1 Å². The van der Waals surface area contributed by atoms with Crippen molar-refractivity contribution >= 4 is 28.1 Å². The smallest absolute Gasteiger partial charge is 0.0973 e. The molecule has 0 saturated carbocycles. The van der Waals surface area contributed by atoms with Crippen molar-refractivity contribution in [2.75, 3.05) is 4.90 Å². The minimum Gasteiger partial charge on any atom is -0.311 e. The molecule has 3 heteroatoms. The van der Waals surface area contributed by atoms with E-state index < -0.39 is 0 Å². The van der Waals surface area contributed by atoms with Crippen LogP contribution in [-0.4, -0.2) is 9.97 Å². The van der Waals surface area contributed by atoms with Crippen molar-refractivity contribution in [3.63, 3.8) is 0 Å². The van der Waals surface area contributed by atoms with Gasteiger partial charge in [0.25, 0.3) is 0 Å². The number of para-hydroxylation sites is 2. The van der Waals surface area contributed by atoms with E-state index in [1.54, 1.807) is 0 Å². The molecule has 1 aromatic heterocycles. The molecule has 3 nitrogen and oxygen atoms in total. The second-order valence-corrected chi connectivity index (χ2v) is 13.1. The summed E-state index contributed by atoms with van der Waals surface area (Å²) >= 11 is 0. The summed E-state index contributed by atoms with van der Waals surface area (Å²) in [4.78, 5) is 12.5. The second kappa shape index (κ2) is 14.3. The predicted octanol–water partition coefficient (Wildman–Crippen LogP) is 13.4. The lowest BCUT2D eigenvalue weighted by Gasteiger charge is -2.26. The predicted molar refractivity (Wildman–Crippen MR) is 221 cm³/mol. The Balaban J connectivity index is 1.09. The Morgan fingerprint density at radius 2 is 0.472 bits per heavy atom. The molecule has 8 aromatic carbocycles. The van der Waals surface area contributed by atoms with E-state index >= 15 is 0 Å². The molecule has 0 radical (unpaired) electrons. The van der Waals surface area contributed by atoms with Crippen LogP contribution < -0.4 is 4.90 Å². The van der Waals surface area contributed by atoms with Crippen molar-refractivity contribution in [1.82, 2.24) is 9.97 Å². The molecule has 0 aliphatic carbocycles. The summed E-state index contributed by atoms with van der Waals surface area (Å²) < 4.78 is 0. The summed E-state index contributed by atoms with van der Waals surface area (Å²) in [7, 11) is 0. The molecular weight excluding hydrogens is 643 g/mol. The number of fused-ring (bicyclic) bond motifs is 1. The van der Waals surface area contributed by atoms with Crippen LogP contribution in [0.25, 0.3) is 66.9 Å². The molecule has 1 heterocycles. The Hall–Kier alpha value is -7.10. The van der Waals surface area contributed by atoms with E-state index in [-0.39, 0.29) is 0 Å². The first-order valence-electron chi connectivity index (χ1n) is 17.9. The van der Waals surface area contributed by atoms with Crippen molar-refractivity contribution in [2.45, 2.75) is 0 Å².